The Kier molecular flexibility index (Phi) is 2.62. The molecule has 0 aliphatic carbocycles. The highest BCUT2D eigenvalue weighted by molar-refractivity contribution is 5.69. The van der Waals surface area contributed by atoms with Crippen molar-refractivity contribution in [2.75, 3.05) is 19.7 Å². The Hall–Kier alpha value is -0.810. The first-order valence-corrected chi connectivity index (χ1v) is 5.67. The molecule has 0 aromatic carbocycles. The highest BCUT2D eigenvalue weighted by Crippen LogP contribution is 2.35. The molecule has 1 spiro atoms. The molecular formula is C11H20N2O3. The van der Waals surface area contributed by atoms with Crippen LogP contribution >= 0.6 is 0 Å². The lowest BCUT2D eigenvalue weighted by atomic mass is 9.90. The van der Waals surface area contributed by atoms with E-state index in [1.807, 2.05) is 20.8 Å². The quantitative estimate of drug-likeness (QED) is 0.663. The van der Waals surface area contributed by atoms with Gasteiger partial charge in [0.05, 0.1) is 19.7 Å². The summed E-state index contributed by atoms with van der Waals surface area (Å²) in [5.74, 6) is 0. The number of nitrogens with two attached hydrogens (primary N) is 1. The third kappa shape index (κ3) is 2.30. The summed E-state index contributed by atoms with van der Waals surface area (Å²) in [5, 5.41) is 0. The highest BCUT2D eigenvalue weighted by atomic mass is 16.6. The number of carbonyl (C=O) groups is 1. The molecule has 1 atom stereocenters. The average Bonchev–Trinajstić information content (AvgIpc) is 2.41. The standard InChI is InChI=1S/C11H20N2O3/c1-10(2,3)16-9(14)13-6-11(7-13)4-8(12)5-15-11/h8H,4-7,12H2,1-3H3/t8-/m1/s1. The summed E-state index contributed by atoms with van der Waals surface area (Å²) in [5.41, 5.74) is 5.16. The molecule has 2 aliphatic heterocycles. The minimum absolute atomic E-state index is 0.112. The summed E-state index contributed by atoms with van der Waals surface area (Å²) in [7, 11) is 0. The minimum atomic E-state index is -0.438. The lowest BCUT2D eigenvalue weighted by molar-refractivity contribution is -0.109. The van der Waals surface area contributed by atoms with Crippen LogP contribution < -0.4 is 5.73 Å². The number of hydrogen-bond acceptors (Lipinski definition) is 4. The molecule has 0 aromatic heterocycles. The van der Waals surface area contributed by atoms with Crippen molar-refractivity contribution in [3.05, 3.63) is 0 Å². The second-order valence-electron chi connectivity index (χ2n) is 5.79. The molecule has 2 fully saturated rings. The van der Waals surface area contributed by atoms with Gasteiger partial charge in [0.25, 0.3) is 0 Å². The number of nitrogens with zero attached hydrogens (tertiary/aromatic N) is 1. The fourth-order valence-corrected chi connectivity index (χ4v) is 2.20. The average molecular weight is 228 g/mol. The first-order valence-electron chi connectivity index (χ1n) is 5.67. The van der Waals surface area contributed by atoms with Gasteiger partial charge in [-0.2, -0.15) is 0 Å². The number of amides is 1. The van der Waals surface area contributed by atoms with Gasteiger partial charge in [-0.3, -0.25) is 0 Å². The smallest absolute Gasteiger partial charge is 0.410 e. The van der Waals surface area contributed by atoms with Crippen LogP contribution in [0.2, 0.25) is 0 Å². The van der Waals surface area contributed by atoms with E-state index in [1.54, 1.807) is 4.90 Å². The first kappa shape index (κ1) is 11.7. The lowest BCUT2D eigenvalue weighted by Crippen LogP contribution is -2.64. The van der Waals surface area contributed by atoms with Crippen LogP contribution in [-0.4, -0.2) is 47.9 Å². The van der Waals surface area contributed by atoms with Gasteiger partial charge in [0, 0.05) is 6.04 Å². The van der Waals surface area contributed by atoms with Crippen molar-refractivity contribution in [2.45, 2.75) is 44.4 Å². The van der Waals surface area contributed by atoms with Gasteiger partial charge in [0.15, 0.2) is 0 Å². The molecule has 0 aromatic rings. The van der Waals surface area contributed by atoms with Crippen LogP contribution in [0.15, 0.2) is 0 Å². The largest absolute Gasteiger partial charge is 0.444 e. The van der Waals surface area contributed by atoms with Crippen LogP contribution in [0, 0.1) is 0 Å². The summed E-state index contributed by atoms with van der Waals surface area (Å²) in [4.78, 5) is 13.3. The number of carbonyl (C=O) groups excluding carboxylic acids is 1. The number of ether oxygens (including phenoxy) is 2. The fraction of sp³-hybridized carbons (Fsp3) is 0.909. The van der Waals surface area contributed by atoms with Gasteiger partial charge < -0.3 is 20.1 Å². The van der Waals surface area contributed by atoms with Crippen LogP contribution in [-0.2, 0) is 9.47 Å². The predicted octanol–water partition coefficient (Wildman–Crippen LogP) is 0.724. The van der Waals surface area contributed by atoms with Crippen LogP contribution in [0.1, 0.15) is 27.2 Å². The normalized spacial score (nSPS) is 28.0. The molecule has 2 heterocycles. The van der Waals surface area contributed by atoms with Gasteiger partial charge in [0.1, 0.15) is 11.2 Å². The molecule has 0 unspecified atom stereocenters. The molecule has 16 heavy (non-hydrogen) atoms. The second kappa shape index (κ2) is 3.60. The fourth-order valence-electron chi connectivity index (χ4n) is 2.20. The van der Waals surface area contributed by atoms with E-state index < -0.39 is 5.60 Å². The van der Waals surface area contributed by atoms with Crippen LogP contribution in [0.3, 0.4) is 0 Å². The van der Waals surface area contributed by atoms with Gasteiger partial charge in [-0.15, -0.1) is 0 Å². The zero-order valence-electron chi connectivity index (χ0n) is 10.2. The van der Waals surface area contributed by atoms with Crippen LogP contribution in [0.25, 0.3) is 0 Å². The maximum Gasteiger partial charge on any atom is 0.410 e. The number of likely N-dealkylation sites (tertiary alicyclic amines) is 1. The maximum atomic E-state index is 11.7. The van der Waals surface area contributed by atoms with E-state index in [1.165, 1.54) is 0 Å². The Bertz CT molecular complexity index is 292. The van der Waals surface area contributed by atoms with Gasteiger partial charge in [-0.25, -0.2) is 4.79 Å². The van der Waals surface area contributed by atoms with Crippen molar-refractivity contribution in [1.29, 1.82) is 0 Å². The summed E-state index contributed by atoms with van der Waals surface area (Å²) < 4.78 is 10.9. The molecule has 0 bridgehead atoms. The molecular weight excluding hydrogens is 208 g/mol. The molecule has 2 rings (SSSR count). The van der Waals surface area contributed by atoms with Crippen molar-refractivity contribution < 1.29 is 14.3 Å². The van der Waals surface area contributed by atoms with Gasteiger partial charge in [-0.1, -0.05) is 0 Å². The third-order valence-electron chi connectivity index (χ3n) is 2.85. The van der Waals surface area contributed by atoms with Crippen molar-refractivity contribution in [2.24, 2.45) is 5.73 Å². The molecule has 5 heteroatoms. The topological polar surface area (TPSA) is 64.8 Å². The molecule has 5 nitrogen and oxygen atoms in total. The monoisotopic (exact) mass is 228 g/mol. The number of hydrogen-bond donors (Lipinski definition) is 1. The molecule has 2 N–H and O–H groups in total. The van der Waals surface area contributed by atoms with E-state index in [0.717, 1.165) is 6.42 Å². The first-order chi connectivity index (χ1) is 7.30. The Morgan fingerprint density at radius 2 is 2.12 bits per heavy atom. The molecule has 0 saturated carbocycles. The Morgan fingerprint density at radius 1 is 1.50 bits per heavy atom. The molecule has 92 valence electrons. The van der Waals surface area contributed by atoms with E-state index in [-0.39, 0.29) is 17.7 Å². The van der Waals surface area contributed by atoms with E-state index in [9.17, 15) is 4.79 Å². The third-order valence-corrected chi connectivity index (χ3v) is 2.85. The number of rotatable bonds is 0. The van der Waals surface area contributed by atoms with E-state index in [2.05, 4.69) is 0 Å². The van der Waals surface area contributed by atoms with Crippen molar-refractivity contribution in [3.63, 3.8) is 0 Å². The van der Waals surface area contributed by atoms with Crippen LogP contribution in [0.4, 0.5) is 4.79 Å². The zero-order chi connectivity index (χ0) is 12.0. The molecule has 2 aliphatic rings. The van der Waals surface area contributed by atoms with Crippen LogP contribution in [0.5, 0.6) is 0 Å². The highest BCUT2D eigenvalue weighted by Gasteiger charge is 2.51. The predicted molar refractivity (Wildman–Crippen MR) is 59.1 cm³/mol. The molecule has 2 saturated heterocycles. The van der Waals surface area contributed by atoms with Gasteiger partial charge >= 0.3 is 6.09 Å². The molecule has 1 amide bonds. The molecule has 0 radical (unpaired) electrons. The van der Waals surface area contributed by atoms with E-state index >= 15 is 0 Å². The SMILES string of the molecule is CC(C)(C)OC(=O)N1CC2(C[C@@H](N)CO2)C1. The van der Waals surface area contributed by atoms with E-state index in [4.69, 9.17) is 15.2 Å². The second-order valence-corrected chi connectivity index (χ2v) is 5.79. The van der Waals surface area contributed by atoms with Crippen molar-refractivity contribution in [1.82, 2.24) is 4.90 Å². The van der Waals surface area contributed by atoms with Gasteiger partial charge in [0.2, 0.25) is 0 Å². The maximum absolute atomic E-state index is 11.7. The Balaban J connectivity index is 1.82. The summed E-state index contributed by atoms with van der Waals surface area (Å²) in [6.45, 7) is 7.40. The summed E-state index contributed by atoms with van der Waals surface area (Å²) >= 11 is 0. The minimum Gasteiger partial charge on any atom is -0.444 e. The van der Waals surface area contributed by atoms with E-state index in [0.29, 0.717) is 19.7 Å². The summed E-state index contributed by atoms with van der Waals surface area (Å²) in [6, 6.07) is 0.112. The summed E-state index contributed by atoms with van der Waals surface area (Å²) in [6.07, 6.45) is 0.578. The van der Waals surface area contributed by atoms with Gasteiger partial charge in [-0.05, 0) is 27.2 Å². The van der Waals surface area contributed by atoms with Crippen molar-refractivity contribution in [3.8, 4) is 0 Å². The Labute approximate surface area is 95.9 Å². The lowest BCUT2D eigenvalue weighted by Gasteiger charge is -2.46. The Morgan fingerprint density at radius 3 is 2.56 bits per heavy atom. The van der Waals surface area contributed by atoms with Crippen molar-refractivity contribution >= 4 is 6.09 Å². The zero-order valence-corrected chi connectivity index (χ0v) is 10.2.